The van der Waals surface area contributed by atoms with Crippen LogP contribution >= 0.6 is 28.3 Å². The molecule has 1 rings (SSSR count). The lowest BCUT2D eigenvalue weighted by Crippen LogP contribution is -2.52. The van der Waals surface area contributed by atoms with E-state index in [1.807, 2.05) is 13.8 Å². The van der Waals surface area contributed by atoms with E-state index in [1.54, 1.807) is 0 Å². The predicted octanol–water partition coefficient (Wildman–Crippen LogP) is 2.57. The van der Waals surface area contributed by atoms with Crippen LogP contribution in [-0.4, -0.2) is 25.4 Å². The molecule has 0 bridgehead atoms. The fourth-order valence-corrected chi connectivity index (χ4v) is 3.98. The first-order chi connectivity index (χ1) is 9.71. The van der Waals surface area contributed by atoms with Crippen LogP contribution in [0.3, 0.4) is 0 Å². The summed E-state index contributed by atoms with van der Waals surface area (Å²) in [5, 5.41) is 11.1. The third-order valence-electron chi connectivity index (χ3n) is 3.50. The molecule has 7 nitrogen and oxygen atoms in total. The number of nitro benzene ring substituents is 1. The van der Waals surface area contributed by atoms with Crippen LogP contribution in [0, 0.1) is 10.1 Å². The number of hydrogen-bond acceptors (Lipinski definition) is 5. The van der Waals surface area contributed by atoms with E-state index in [2.05, 4.69) is 20.7 Å². The molecule has 0 heterocycles. The predicted molar refractivity (Wildman–Crippen MR) is 90.7 cm³/mol. The largest absolute Gasteiger partial charge is 0.329 e. The van der Waals surface area contributed by atoms with E-state index in [9.17, 15) is 18.5 Å². The van der Waals surface area contributed by atoms with Crippen molar-refractivity contribution in [3.63, 3.8) is 0 Å². The maximum Gasteiger partial charge on any atom is 0.290 e. The zero-order valence-corrected chi connectivity index (χ0v) is 15.4. The van der Waals surface area contributed by atoms with Gasteiger partial charge in [0.15, 0.2) is 4.90 Å². The molecule has 0 unspecified atom stereocenters. The van der Waals surface area contributed by atoms with E-state index in [0.29, 0.717) is 17.3 Å². The highest BCUT2D eigenvalue weighted by atomic mass is 79.9. The third kappa shape index (κ3) is 4.63. The van der Waals surface area contributed by atoms with Crippen LogP contribution in [0.25, 0.3) is 0 Å². The van der Waals surface area contributed by atoms with Gasteiger partial charge >= 0.3 is 0 Å². The first-order valence-corrected chi connectivity index (χ1v) is 8.67. The van der Waals surface area contributed by atoms with Crippen molar-refractivity contribution in [1.29, 1.82) is 0 Å². The summed E-state index contributed by atoms with van der Waals surface area (Å²) in [5.74, 6) is 0. The molecule has 0 saturated carbocycles. The van der Waals surface area contributed by atoms with Crippen molar-refractivity contribution in [3.05, 3.63) is 32.8 Å². The first kappa shape index (κ1) is 21.3. The summed E-state index contributed by atoms with van der Waals surface area (Å²) < 4.78 is 27.9. The standard InChI is InChI=1S/C12H18BrN3O4S.ClH/c1-3-12(4-2,8-14)15-21(19,20)11-6-5-9(13)7-10(11)16(17)18;/h5-7,15H,3-4,8,14H2,1-2H3;1H. The molecule has 22 heavy (non-hydrogen) atoms. The van der Waals surface area contributed by atoms with E-state index in [4.69, 9.17) is 5.73 Å². The lowest BCUT2D eigenvalue weighted by atomic mass is 9.95. The Balaban J connectivity index is 0.00000441. The number of hydrogen-bond donors (Lipinski definition) is 2. The van der Waals surface area contributed by atoms with Gasteiger partial charge in [0, 0.05) is 22.6 Å². The number of nitrogens with one attached hydrogen (secondary N) is 1. The minimum atomic E-state index is -4.04. The number of sulfonamides is 1. The molecule has 0 aliphatic rings. The summed E-state index contributed by atoms with van der Waals surface area (Å²) in [6.07, 6.45) is 0.979. The average Bonchev–Trinajstić information content (AvgIpc) is 2.44. The maximum absolute atomic E-state index is 12.5. The highest BCUT2D eigenvalue weighted by Gasteiger charge is 2.34. The molecule has 0 aromatic heterocycles. The summed E-state index contributed by atoms with van der Waals surface area (Å²) in [6.45, 7) is 3.74. The van der Waals surface area contributed by atoms with Crippen LogP contribution in [0.1, 0.15) is 26.7 Å². The lowest BCUT2D eigenvalue weighted by Gasteiger charge is -2.30. The van der Waals surface area contributed by atoms with Crippen molar-refractivity contribution in [2.45, 2.75) is 37.1 Å². The molecule has 126 valence electrons. The number of nitrogens with zero attached hydrogens (tertiary/aromatic N) is 1. The van der Waals surface area contributed by atoms with Gasteiger partial charge in [-0.3, -0.25) is 10.1 Å². The van der Waals surface area contributed by atoms with Gasteiger partial charge in [-0.15, -0.1) is 12.4 Å². The van der Waals surface area contributed by atoms with E-state index < -0.39 is 26.2 Å². The summed E-state index contributed by atoms with van der Waals surface area (Å²) in [7, 11) is -4.04. The van der Waals surface area contributed by atoms with Crippen molar-refractivity contribution >= 4 is 44.0 Å². The molecule has 0 amide bonds. The molecule has 10 heteroatoms. The van der Waals surface area contributed by atoms with Crippen LogP contribution in [-0.2, 0) is 10.0 Å². The van der Waals surface area contributed by atoms with E-state index in [1.165, 1.54) is 12.1 Å². The quantitative estimate of drug-likeness (QED) is 0.523. The van der Waals surface area contributed by atoms with Crippen LogP contribution in [0.5, 0.6) is 0 Å². The Hall–Kier alpha value is -0.740. The number of nitro groups is 1. The van der Waals surface area contributed by atoms with Crippen molar-refractivity contribution in [3.8, 4) is 0 Å². The summed E-state index contributed by atoms with van der Waals surface area (Å²) in [4.78, 5) is 9.98. The molecule has 1 aromatic carbocycles. The van der Waals surface area contributed by atoms with Crippen molar-refractivity contribution in [1.82, 2.24) is 4.72 Å². The molecule has 0 spiro atoms. The normalized spacial score (nSPS) is 11.8. The molecule has 0 atom stereocenters. The van der Waals surface area contributed by atoms with Crippen LogP contribution < -0.4 is 10.5 Å². The average molecular weight is 417 g/mol. The van der Waals surface area contributed by atoms with Crippen molar-refractivity contribution < 1.29 is 13.3 Å². The Labute approximate surface area is 144 Å². The molecule has 0 saturated heterocycles. The molecule has 0 aliphatic heterocycles. The fourth-order valence-electron chi connectivity index (χ4n) is 1.93. The van der Waals surface area contributed by atoms with E-state index >= 15 is 0 Å². The number of nitrogens with two attached hydrogens (primary N) is 1. The molecular formula is C12H19BrClN3O4S. The summed E-state index contributed by atoms with van der Waals surface area (Å²) in [6, 6.07) is 3.82. The molecule has 0 radical (unpaired) electrons. The third-order valence-corrected chi connectivity index (χ3v) is 5.62. The Morgan fingerprint density at radius 3 is 2.32 bits per heavy atom. The summed E-state index contributed by atoms with van der Waals surface area (Å²) in [5.41, 5.74) is 4.39. The molecule has 0 aliphatic carbocycles. The Kier molecular flexibility index (Phi) is 7.93. The zero-order chi connectivity index (χ0) is 16.3. The number of halogens is 2. The van der Waals surface area contributed by atoms with Gasteiger partial charge in [0.05, 0.1) is 4.92 Å². The van der Waals surface area contributed by atoms with Crippen LogP contribution in [0.4, 0.5) is 5.69 Å². The van der Waals surface area contributed by atoms with Gasteiger partial charge in [0.2, 0.25) is 10.0 Å². The Morgan fingerprint density at radius 1 is 1.36 bits per heavy atom. The monoisotopic (exact) mass is 415 g/mol. The smallest absolute Gasteiger partial charge is 0.290 e. The zero-order valence-electron chi connectivity index (χ0n) is 12.2. The van der Waals surface area contributed by atoms with Gasteiger partial charge in [0.1, 0.15) is 0 Å². The van der Waals surface area contributed by atoms with Crippen molar-refractivity contribution in [2.75, 3.05) is 6.54 Å². The van der Waals surface area contributed by atoms with E-state index in [0.717, 1.165) is 6.07 Å². The highest BCUT2D eigenvalue weighted by molar-refractivity contribution is 9.10. The molecular weight excluding hydrogens is 398 g/mol. The van der Waals surface area contributed by atoms with Crippen molar-refractivity contribution in [2.24, 2.45) is 5.73 Å². The molecule has 1 aromatic rings. The summed E-state index contributed by atoms with van der Waals surface area (Å²) >= 11 is 3.09. The Bertz CT molecular complexity index is 627. The van der Waals surface area contributed by atoms with Gasteiger partial charge < -0.3 is 5.73 Å². The molecule has 0 fully saturated rings. The van der Waals surface area contributed by atoms with Gasteiger partial charge in [-0.25, -0.2) is 13.1 Å². The van der Waals surface area contributed by atoms with Crippen LogP contribution in [0.15, 0.2) is 27.6 Å². The minimum Gasteiger partial charge on any atom is -0.329 e. The second kappa shape index (κ2) is 8.21. The van der Waals surface area contributed by atoms with Gasteiger partial charge in [-0.2, -0.15) is 0 Å². The highest BCUT2D eigenvalue weighted by Crippen LogP contribution is 2.29. The van der Waals surface area contributed by atoms with E-state index in [-0.39, 0.29) is 23.8 Å². The van der Waals surface area contributed by atoms with Gasteiger partial charge in [0.25, 0.3) is 5.69 Å². The first-order valence-electron chi connectivity index (χ1n) is 6.39. The number of rotatable bonds is 7. The minimum absolute atomic E-state index is 0. The second-order valence-electron chi connectivity index (χ2n) is 4.67. The maximum atomic E-state index is 12.5. The Morgan fingerprint density at radius 2 is 1.91 bits per heavy atom. The second-order valence-corrected chi connectivity index (χ2v) is 7.23. The SMILES string of the molecule is CCC(CC)(CN)NS(=O)(=O)c1ccc(Br)cc1[N+](=O)[O-].Cl. The number of benzene rings is 1. The van der Waals surface area contributed by atoms with Gasteiger partial charge in [-0.05, 0) is 25.0 Å². The van der Waals surface area contributed by atoms with Crippen LogP contribution in [0.2, 0.25) is 0 Å². The topological polar surface area (TPSA) is 115 Å². The van der Waals surface area contributed by atoms with Gasteiger partial charge in [-0.1, -0.05) is 29.8 Å². The fraction of sp³-hybridized carbons (Fsp3) is 0.500. The molecule has 3 N–H and O–H groups in total. The lowest BCUT2D eigenvalue weighted by molar-refractivity contribution is -0.387.